The lowest BCUT2D eigenvalue weighted by molar-refractivity contribution is 0.0941. The second kappa shape index (κ2) is 3.98. The fourth-order valence-electron chi connectivity index (χ4n) is 2.91. The van der Waals surface area contributed by atoms with Gasteiger partial charge in [0, 0.05) is 16.3 Å². The maximum absolute atomic E-state index is 12.6. The van der Waals surface area contributed by atoms with Crippen molar-refractivity contribution in [2.24, 2.45) is 0 Å². The Hall–Kier alpha value is -2.04. The number of halogens is 1. The molecule has 2 N–H and O–H groups in total. The number of anilines is 2. The summed E-state index contributed by atoms with van der Waals surface area (Å²) in [4.78, 5) is 14.2. The monoisotopic (exact) mass is 286 g/mol. The third-order valence-electron chi connectivity index (χ3n) is 3.82. The number of nitrogens with zero attached hydrogens (tertiary/aromatic N) is 1. The predicted octanol–water partition coefficient (Wildman–Crippen LogP) is 2.79. The highest BCUT2D eigenvalue weighted by Crippen LogP contribution is 2.44. The highest BCUT2D eigenvalue weighted by atomic mass is 35.5. The minimum absolute atomic E-state index is 0.107. The third kappa shape index (κ3) is 1.43. The van der Waals surface area contributed by atoms with Crippen LogP contribution in [-0.4, -0.2) is 17.2 Å². The van der Waals surface area contributed by atoms with Gasteiger partial charge in [-0.1, -0.05) is 23.7 Å². The van der Waals surface area contributed by atoms with Crippen molar-refractivity contribution < 1.29 is 9.90 Å². The minimum atomic E-state index is -0.791. The van der Waals surface area contributed by atoms with E-state index in [-0.39, 0.29) is 5.91 Å². The molecule has 4 nitrogen and oxygen atoms in total. The van der Waals surface area contributed by atoms with E-state index in [1.807, 2.05) is 18.2 Å². The first-order valence-electron chi connectivity index (χ1n) is 6.33. The Labute approximate surface area is 120 Å². The number of para-hydroxylation sites is 1. The molecule has 0 saturated heterocycles. The molecular formula is C15H11ClN2O2. The number of nitrogens with one attached hydrogen (secondary N) is 1. The molecule has 20 heavy (non-hydrogen) atoms. The first-order valence-corrected chi connectivity index (χ1v) is 6.71. The van der Waals surface area contributed by atoms with E-state index >= 15 is 0 Å². The Morgan fingerprint density at radius 2 is 2.00 bits per heavy atom. The number of hydrogen-bond acceptors (Lipinski definition) is 3. The zero-order chi connectivity index (χ0) is 13.9. The summed E-state index contributed by atoms with van der Waals surface area (Å²) >= 11 is 5.98. The zero-order valence-electron chi connectivity index (χ0n) is 10.4. The molecule has 0 aromatic heterocycles. The van der Waals surface area contributed by atoms with Crippen molar-refractivity contribution in [1.29, 1.82) is 0 Å². The van der Waals surface area contributed by atoms with Gasteiger partial charge in [-0.15, -0.1) is 0 Å². The molecule has 4 rings (SSSR count). The summed E-state index contributed by atoms with van der Waals surface area (Å²) in [7, 11) is 0. The van der Waals surface area contributed by atoms with E-state index in [0.29, 0.717) is 21.8 Å². The van der Waals surface area contributed by atoms with Crippen LogP contribution in [0.1, 0.15) is 22.0 Å². The van der Waals surface area contributed by atoms with Crippen LogP contribution in [0.25, 0.3) is 0 Å². The molecule has 1 amide bonds. The number of aliphatic hydroxyl groups is 1. The molecule has 0 spiro atoms. The first kappa shape index (κ1) is 11.8. The number of hydrogen-bond donors (Lipinski definition) is 2. The normalized spacial score (nSPS) is 22.9. The number of carbonyl (C=O) groups excluding carboxylic acids is 1. The first-order chi connectivity index (χ1) is 9.66. The Bertz CT molecular complexity index is 732. The van der Waals surface area contributed by atoms with Crippen molar-refractivity contribution in [3.63, 3.8) is 0 Å². The molecule has 2 atom stereocenters. The number of fused-ring (bicyclic) bond motifs is 4. The highest BCUT2D eigenvalue weighted by molar-refractivity contribution is 6.30. The molecule has 0 bridgehead atoms. The summed E-state index contributed by atoms with van der Waals surface area (Å²) in [5.41, 5.74) is 2.74. The molecule has 0 fully saturated rings. The second-order valence-electron chi connectivity index (χ2n) is 4.96. The molecule has 0 unspecified atom stereocenters. The summed E-state index contributed by atoms with van der Waals surface area (Å²) in [6.07, 6.45) is -1.27. The molecule has 100 valence electrons. The molecule has 2 aromatic carbocycles. The van der Waals surface area contributed by atoms with E-state index in [2.05, 4.69) is 5.32 Å². The SMILES string of the molecule is O=C1c2ccccc2N[C@H]2[C@H](O)c3cc(Cl)ccc3N12. The summed E-state index contributed by atoms with van der Waals surface area (Å²) in [5, 5.41) is 14.2. The molecular weight excluding hydrogens is 276 g/mol. The molecule has 0 aliphatic carbocycles. The van der Waals surface area contributed by atoms with Gasteiger partial charge in [0.05, 0.1) is 11.3 Å². The smallest absolute Gasteiger partial charge is 0.262 e. The van der Waals surface area contributed by atoms with Gasteiger partial charge in [0.15, 0.2) is 0 Å². The van der Waals surface area contributed by atoms with Crippen LogP contribution in [0.5, 0.6) is 0 Å². The Kier molecular flexibility index (Phi) is 2.34. The number of rotatable bonds is 0. The summed E-state index contributed by atoms with van der Waals surface area (Å²) in [6.45, 7) is 0. The standard InChI is InChI=1S/C15H11ClN2O2/c16-8-5-6-12-10(7-8)13(19)14-17-11-4-2-1-3-9(11)15(20)18(12)14/h1-7,13-14,17,19H/t13-,14-/m1/s1. The number of amides is 1. The van der Waals surface area contributed by atoms with Gasteiger partial charge in [-0.25, -0.2) is 0 Å². The topological polar surface area (TPSA) is 52.6 Å². The van der Waals surface area contributed by atoms with Crippen LogP contribution in [0.2, 0.25) is 5.02 Å². The quantitative estimate of drug-likeness (QED) is 0.783. The maximum atomic E-state index is 12.6. The highest BCUT2D eigenvalue weighted by Gasteiger charge is 2.44. The van der Waals surface area contributed by atoms with Crippen molar-refractivity contribution in [2.75, 3.05) is 10.2 Å². The fourth-order valence-corrected chi connectivity index (χ4v) is 3.09. The van der Waals surface area contributed by atoms with E-state index < -0.39 is 12.3 Å². The molecule has 2 aromatic rings. The van der Waals surface area contributed by atoms with Crippen molar-refractivity contribution in [1.82, 2.24) is 0 Å². The van der Waals surface area contributed by atoms with E-state index in [1.54, 1.807) is 29.2 Å². The second-order valence-corrected chi connectivity index (χ2v) is 5.39. The Balaban J connectivity index is 1.90. The van der Waals surface area contributed by atoms with Crippen LogP contribution in [0.3, 0.4) is 0 Å². The Morgan fingerprint density at radius 1 is 1.20 bits per heavy atom. The maximum Gasteiger partial charge on any atom is 0.262 e. The van der Waals surface area contributed by atoms with E-state index in [1.165, 1.54) is 0 Å². The third-order valence-corrected chi connectivity index (χ3v) is 4.06. The summed E-state index contributed by atoms with van der Waals surface area (Å²) in [5.74, 6) is -0.107. The van der Waals surface area contributed by atoms with Crippen molar-refractivity contribution in [2.45, 2.75) is 12.3 Å². The average molecular weight is 287 g/mol. The lowest BCUT2D eigenvalue weighted by atomic mass is 10.1. The lowest BCUT2D eigenvalue weighted by Gasteiger charge is -2.34. The van der Waals surface area contributed by atoms with Crippen LogP contribution in [-0.2, 0) is 0 Å². The molecule has 2 aliphatic heterocycles. The van der Waals surface area contributed by atoms with Gasteiger partial charge in [-0.2, -0.15) is 0 Å². The van der Waals surface area contributed by atoms with Crippen molar-refractivity contribution >= 4 is 28.9 Å². The number of carbonyl (C=O) groups is 1. The van der Waals surface area contributed by atoms with Gasteiger partial charge in [0.25, 0.3) is 5.91 Å². The summed E-state index contributed by atoms with van der Waals surface area (Å²) < 4.78 is 0. The fraction of sp³-hybridized carbons (Fsp3) is 0.133. The van der Waals surface area contributed by atoms with Gasteiger partial charge >= 0.3 is 0 Å². The van der Waals surface area contributed by atoms with Crippen LogP contribution in [0, 0.1) is 0 Å². The molecule has 5 heteroatoms. The zero-order valence-corrected chi connectivity index (χ0v) is 11.1. The Morgan fingerprint density at radius 3 is 2.85 bits per heavy atom. The average Bonchev–Trinajstić information content (AvgIpc) is 2.73. The van der Waals surface area contributed by atoms with E-state index in [0.717, 1.165) is 5.69 Å². The summed E-state index contributed by atoms with van der Waals surface area (Å²) in [6, 6.07) is 12.5. The van der Waals surface area contributed by atoms with E-state index in [4.69, 9.17) is 11.6 Å². The van der Waals surface area contributed by atoms with Gasteiger partial charge < -0.3 is 10.4 Å². The molecule has 2 heterocycles. The number of benzene rings is 2. The van der Waals surface area contributed by atoms with Gasteiger partial charge in [0.1, 0.15) is 12.3 Å². The van der Waals surface area contributed by atoms with Crippen LogP contribution in [0.15, 0.2) is 42.5 Å². The van der Waals surface area contributed by atoms with Crippen molar-refractivity contribution in [3.8, 4) is 0 Å². The van der Waals surface area contributed by atoms with Crippen LogP contribution < -0.4 is 10.2 Å². The van der Waals surface area contributed by atoms with Gasteiger partial charge in [-0.05, 0) is 30.3 Å². The van der Waals surface area contributed by atoms with Crippen LogP contribution in [0.4, 0.5) is 11.4 Å². The number of aliphatic hydroxyl groups excluding tert-OH is 1. The lowest BCUT2D eigenvalue weighted by Crippen LogP contribution is -2.48. The molecule has 2 aliphatic rings. The molecule has 0 saturated carbocycles. The minimum Gasteiger partial charge on any atom is -0.384 e. The molecule has 0 radical (unpaired) electrons. The van der Waals surface area contributed by atoms with Gasteiger partial charge in [-0.3, -0.25) is 9.69 Å². The van der Waals surface area contributed by atoms with Crippen LogP contribution >= 0.6 is 11.6 Å². The van der Waals surface area contributed by atoms with Gasteiger partial charge in [0.2, 0.25) is 0 Å². The largest absolute Gasteiger partial charge is 0.384 e. The van der Waals surface area contributed by atoms with Crippen molar-refractivity contribution in [3.05, 3.63) is 58.6 Å². The van der Waals surface area contributed by atoms with E-state index in [9.17, 15) is 9.90 Å². The predicted molar refractivity (Wildman–Crippen MR) is 77.1 cm³/mol.